The number of nitrogens with one attached hydrogen (secondary N) is 2. The lowest BCUT2D eigenvalue weighted by atomic mass is 10.1. The van der Waals surface area contributed by atoms with E-state index in [4.69, 9.17) is 0 Å². The van der Waals surface area contributed by atoms with Crippen molar-refractivity contribution in [2.45, 2.75) is 33.2 Å². The summed E-state index contributed by atoms with van der Waals surface area (Å²) in [6.07, 6.45) is 1.06. The molecule has 1 aromatic rings. The summed E-state index contributed by atoms with van der Waals surface area (Å²) < 4.78 is 1.96. The summed E-state index contributed by atoms with van der Waals surface area (Å²) >= 11 is 0. The highest BCUT2D eigenvalue weighted by Gasteiger charge is 2.09. The number of likely N-dealkylation sites (N-methyl/N-ethyl adjacent to an activating group) is 1. The van der Waals surface area contributed by atoms with Gasteiger partial charge in [-0.15, -0.1) is 0 Å². The van der Waals surface area contributed by atoms with E-state index in [1.165, 1.54) is 11.3 Å². The van der Waals surface area contributed by atoms with Crippen molar-refractivity contribution in [2.24, 2.45) is 7.05 Å². The van der Waals surface area contributed by atoms with Gasteiger partial charge in [0.1, 0.15) is 0 Å². The maximum Gasteiger partial charge on any atom is 0.0628 e. The molecule has 0 aromatic carbocycles. The molecule has 0 saturated carbocycles. The lowest BCUT2D eigenvalue weighted by Gasteiger charge is -2.12. The predicted molar refractivity (Wildman–Crippen MR) is 67.8 cm³/mol. The monoisotopic (exact) mass is 224 g/mol. The van der Waals surface area contributed by atoms with Crippen LogP contribution in [0.4, 0.5) is 0 Å². The molecule has 0 amide bonds. The van der Waals surface area contributed by atoms with Crippen molar-refractivity contribution < 1.29 is 0 Å². The van der Waals surface area contributed by atoms with Gasteiger partial charge < -0.3 is 10.6 Å². The second kappa shape index (κ2) is 6.01. The second-order valence-corrected chi connectivity index (χ2v) is 4.44. The molecule has 1 unspecified atom stereocenters. The first-order chi connectivity index (χ1) is 7.56. The van der Waals surface area contributed by atoms with Crippen LogP contribution >= 0.6 is 0 Å². The lowest BCUT2D eigenvalue weighted by Crippen LogP contribution is -2.36. The first-order valence-electron chi connectivity index (χ1n) is 5.93. The standard InChI is InChI=1S/C12H24N4/c1-9(8-13-4)14-7-6-12-10(2)15-16(5)11(12)3/h9,13-14H,6-8H2,1-5H3. The van der Waals surface area contributed by atoms with Crippen molar-refractivity contribution in [2.75, 3.05) is 20.1 Å². The molecule has 0 aliphatic rings. The zero-order valence-electron chi connectivity index (χ0n) is 11.1. The van der Waals surface area contributed by atoms with E-state index in [1.54, 1.807) is 0 Å². The van der Waals surface area contributed by atoms with Gasteiger partial charge in [0.15, 0.2) is 0 Å². The van der Waals surface area contributed by atoms with Gasteiger partial charge in [-0.25, -0.2) is 0 Å². The fourth-order valence-corrected chi connectivity index (χ4v) is 2.00. The van der Waals surface area contributed by atoms with Gasteiger partial charge in [0.05, 0.1) is 5.69 Å². The smallest absolute Gasteiger partial charge is 0.0628 e. The second-order valence-electron chi connectivity index (χ2n) is 4.44. The van der Waals surface area contributed by atoms with Crippen LogP contribution in [0.3, 0.4) is 0 Å². The largest absolute Gasteiger partial charge is 0.318 e. The van der Waals surface area contributed by atoms with Crippen molar-refractivity contribution in [1.82, 2.24) is 20.4 Å². The highest BCUT2D eigenvalue weighted by atomic mass is 15.3. The Hall–Kier alpha value is -0.870. The molecular formula is C12H24N4. The van der Waals surface area contributed by atoms with Gasteiger partial charge in [0, 0.05) is 25.3 Å². The van der Waals surface area contributed by atoms with E-state index in [0.717, 1.165) is 25.2 Å². The molecule has 0 radical (unpaired) electrons. The Bertz CT molecular complexity index is 330. The SMILES string of the molecule is CNCC(C)NCCc1c(C)nn(C)c1C. The maximum atomic E-state index is 4.42. The van der Waals surface area contributed by atoms with Gasteiger partial charge in [-0.2, -0.15) is 5.10 Å². The highest BCUT2D eigenvalue weighted by molar-refractivity contribution is 5.24. The number of aryl methyl sites for hydroxylation is 2. The number of rotatable bonds is 6. The van der Waals surface area contributed by atoms with Crippen LogP contribution < -0.4 is 10.6 Å². The van der Waals surface area contributed by atoms with E-state index in [9.17, 15) is 0 Å². The van der Waals surface area contributed by atoms with Gasteiger partial charge >= 0.3 is 0 Å². The Kier molecular flexibility index (Phi) is 4.96. The number of aromatic nitrogens is 2. The van der Waals surface area contributed by atoms with Gasteiger partial charge in [-0.05, 0) is 46.3 Å². The molecule has 1 rings (SSSR count). The Balaban J connectivity index is 2.43. The molecule has 4 heteroatoms. The molecule has 1 aromatic heterocycles. The molecule has 0 saturated heterocycles. The quantitative estimate of drug-likeness (QED) is 0.750. The van der Waals surface area contributed by atoms with Gasteiger partial charge in [0.2, 0.25) is 0 Å². The van der Waals surface area contributed by atoms with Crippen LogP contribution in [-0.2, 0) is 13.5 Å². The van der Waals surface area contributed by atoms with E-state index >= 15 is 0 Å². The molecule has 0 fully saturated rings. The first-order valence-corrected chi connectivity index (χ1v) is 5.93. The molecule has 92 valence electrons. The Morgan fingerprint density at radius 3 is 2.56 bits per heavy atom. The highest BCUT2D eigenvalue weighted by Crippen LogP contribution is 2.11. The summed E-state index contributed by atoms with van der Waals surface area (Å²) in [5, 5.41) is 11.1. The first kappa shape index (κ1) is 13.2. The third-order valence-corrected chi connectivity index (χ3v) is 3.04. The van der Waals surface area contributed by atoms with E-state index in [2.05, 4.69) is 36.5 Å². The van der Waals surface area contributed by atoms with Crippen molar-refractivity contribution in [3.63, 3.8) is 0 Å². The average Bonchev–Trinajstić information content (AvgIpc) is 2.45. The normalized spacial score (nSPS) is 13.1. The van der Waals surface area contributed by atoms with Crippen LogP contribution in [0.15, 0.2) is 0 Å². The van der Waals surface area contributed by atoms with Crippen LogP contribution in [0.1, 0.15) is 23.9 Å². The molecule has 0 bridgehead atoms. The molecule has 0 spiro atoms. The molecule has 1 heterocycles. The molecule has 0 aliphatic heterocycles. The number of nitrogens with zero attached hydrogens (tertiary/aromatic N) is 2. The minimum atomic E-state index is 0.516. The third kappa shape index (κ3) is 3.32. The fourth-order valence-electron chi connectivity index (χ4n) is 2.00. The van der Waals surface area contributed by atoms with Crippen LogP contribution in [0, 0.1) is 13.8 Å². The van der Waals surface area contributed by atoms with Crippen molar-refractivity contribution in [1.29, 1.82) is 0 Å². The minimum Gasteiger partial charge on any atom is -0.318 e. The Labute approximate surface area is 98.4 Å². The summed E-state index contributed by atoms with van der Waals surface area (Å²) in [4.78, 5) is 0. The molecule has 16 heavy (non-hydrogen) atoms. The fraction of sp³-hybridized carbons (Fsp3) is 0.750. The maximum absolute atomic E-state index is 4.42. The van der Waals surface area contributed by atoms with Crippen molar-refractivity contribution in [3.8, 4) is 0 Å². The van der Waals surface area contributed by atoms with Crippen LogP contribution in [-0.4, -0.2) is 36.0 Å². The average molecular weight is 224 g/mol. The summed E-state index contributed by atoms with van der Waals surface area (Å²) in [6, 6.07) is 0.516. The van der Waals surface area contributed by atoms with Crippen molar-refractivity contribution in [3.05, 3.63) is 17.0 Å². The van der Waals surface area contributed by atoms with E-state index in [-0.39, 0.29) is 0 Å². The molecule has 0 aliphatic carbocycles. The Morgan fingerprint density at radius 1 is 1.38 bits per heavy atom. The molecule has 4 nitrogen and oxygen atoms in total. The van der Waals surface area contributed by atoms with Crippen LogP contribution in [0.25, 0.3) is 0 Å². The van der Waals surface area contributed by atoms with Crippen LogP contribution in [0.2, 0.25) is 0 Å². The summed E-state index contributed by atoms with van der Waals surface area (Å²) in [6.45, 7) is 8.42. The zero-order valence-corrected chi connectivity index (χ0v) is 11.1. The minimum absolute atomic E-state index is 0.516. The summed E-state index contributed by atoms with van der Waals surface area (Å²) in [5.74, 6) is 0. The molecular weight excluding hydrogens is 200 g/mol. The lowest BCUT2D eigenvalue weighted by molar-refractivity contribution is 0.525. The van der Waals surface area contributed by atoms with E-state index < -0.39 is 0 Å². The van der Waals surface area contributed by atoms with E-state index in [1.807, 2.05) is 18.8 Å². The zero-order chi connectivity index (χ0) is 12.1. The number of hydrogen-bond acceptors (Lipinski definition) is 3. The predicted octanol–water partition coefficient (Wildman–Crippen LogP) is 0.777. The van der Waals surface area contributed by atoms with Gasteiger partial charge in [-0.1, -0.05) is 0 Å². The van der Waals surface area contributed by atoms with Gasteiger partial charge in [-0.3, -0.25) is 4.68 Å². The summed E-state index contributed by atoms with van der Waals surface area (Å²) in [7, 11) is 3.98. The third-order valence-electron chi connectivity index (χ3n) is 3.04. The molecule has 1 atom stereocenters. The van der Waals surface area contributed by atoms with Crippen LogP contribution in [0.5, 0.6) is 0 Å². The van der Waals surface area contributed by atoms with E-state index in [0.29, 0.717) is 6.04 Å². The van der Waals surface area contributed by atoms with Gasteiger partial charge in [0.25, 0.3) is 0 Å². The summed E-state index contributed by atoms with van der Waals surface area (Å²) in [5.41, 5.74) is 3.82. The topological polar surface area (TPSA) is 41.9 Å². The molecule has 2 N–H and O–H groups in total. The number of hydrogen-bond donors (Lipinski definition) is 2. The van der Waals surface area contributed by atoms with Crippen molar-refractivity contribution >= 4 is 0 Å². The Morgan fingerprint density at radius 2 is 2.06 bits per heavy atom.